The maximum absolute atomic E-state index is 15.0. The van der Waals surface area contributed by atoms with E-state index >= 15 is 0 Å². The summed E-state index contributed by atoms with van der Waals surface area (Å²) in [6.45, 7) is 3.36. The predicted octanol–water partition coefficient (Wildman–Crippen LogP) is 4.21. The lowest BCUT2D eigenvalue weighted by atomic mass is 10.1. The Bertz CT molecular complexity index is 1510. The first kappa shape index (κ1) is 22.2. The first-order valence-electron chi connectivity index (χ1n) is 11.6. The zero-order chi connectivity index (χ0) is 24.3. The molecular formula is C25H24ClFN6O2. The van der Waals surface area contributed by atoms with Crippen molar-refractivity contribution in [2.24, 2.45) is 7.05 Å². The van der Waals surface area contributed by atoms with Crippen LogP contribution in [-0.2, 0) is 11.8 Å². The van der Waals surface area contributed by atoms with Gasteiger partial charge in [-0.05, 0) is 44.0 Å². The topological polar surface area (TPSA) is 78.1 Å². The molecule has 1 aromatic carbocycles. The molecule has 10 heteroatoms. The normalized spacial score (nSPS) is 18.4. The Balaban J connectivity index is 1.45. The van der Waals surface area contributed by atoms with Crippen LogP contribution in [0.5, 0.6) is 0 Å². The second-order valence-electron chi connectivity index (χ2n) is 9.16. The number of morpholine rings is 1. The van der Waals surface area contributed by atoms with Crippen molar-refractivity contribution in [1.82, 2.24) is 24.3 Å². The number of halogens is 2. The maximum Gasteiger partial charge on any atom is 0.261 e. The van der Waals surface area contributed by atoms with Crippen LogP contribution in [0.3, 0.4) is 0 Å². The second kappa shape index (κ2) is 8.42. The van der Waals surface area contributed by atoms with Crippen LogP contribution in [0.4, 0.5) is 10.2 Å². The first-order valence-corrected chi connectivity index (χ1v) is 12.0. The van der Waals surface area contributed by atoms with Gasteiger partial charge in [-0.3, -0.25) is 14.0 Å². The van der Waals surface area contributed by atoms with E-state index in [2.05, 4.69) is 21.2 Å². The highest BCUT2D eigenvalue weighted by Crippen LogP contribution is 2.36. The number of pyridine rings is 1. The average Bonchev–Trinajstić information content (AvgIpc) is 3.59. The third-order valence-electron chi connectivity index (χ3n) is 6.76. The quantitative estimate of drug-likeness (QED) is 0.423. The first-order chi connectivity index (χ1) is 16.9. The predicted molar refractivity (Wildman–Crippen MR) is 131 cm³/mol. The van der Waals surface area contributed by atoms with Gasteiger partial charge in [0.2, 0.25) is 0 Å². The molecule has 3 aromatic heterocycles. The van der Waals surface area contributed by atoms with Crippen molar-refractivity contribution in [2.45, 2.75) is 31.9 Å². The molecular weight excluding hydrogens is 471 g/mol. The third kappa shape index (κ3) is 3.98. The molecule has 6 rings (SSSR count). The lowest BCUT2D eigenvalue weighted by molar-refractivity contribution is 0.0395. The Morgan fingerprint density at radius 2 is 2.03 bits per heavy atom. The molecule has 35 heavy (non-hydrogen) atoms. The number of benzene rings is 1. The number of hydrogen-bond acceptors (Lipinski definition) is 6. The number of aromatic nitrogens is 5. The summed E-state index contributed by atoms with van der Waals surface area (Å²) in [7, 11) is 1.68. The number of aryl methyl sites for hydroxylation is 1. The molecule has 1 aliphatic heterocycles. The Labute approximate surface area is 205 Å². The fourth-order valence-electron chi connectivity index (χ4n) is 4.51. The molecule has 0 bridgehead atoms. The van der Waals surface area contributed by atoms with Gasteiger partial charge in [0.25, 0.3) is 5.56 Å². The lowest BCUT2D eigenvalue weighted by Crippen LogP contribution is -2.39. The highest BCUT2D eigenvalue weighted by Gasteiger charge is 2.29. The molecule has 1 atom stereocenters. The highest BCUT2D eigenvalue weighted by molar-refractivity contribution is 6.30. The Kier molecular flexibility index (Phi) is 5.34. The van der Waals surface area contributed by atoms with Gasteiger partial charge in [0.1, 0.15) is 34.8 Å². The molecule has 1 unspecified atom stereocenters. The summed E-state index contributed by atoms with van der Waals surface area (Å²) in [6, 6.07) is 6.67. The summed E-state index contributed by atoms with van der Waals surface area (Å²) < 4.78 is 24.5. The van der Waals surface area contributed by atoms with Crippen molar-refractivity contribution < 1.29 is 9.13 Å². The van der Waals surface area contributed by atoms with Crippen molar-refractivity contribution in [2.75, 3.05) is 24.6 Å². The Morgan fingerprint density at radius 1 is 1.20 bits per heavy atom. The van der Waals surface area contributed by atoms with Crippen LogP contribution < -0.4 is 10.5 Å². The van der Waals surface area contributed by atoms with E-state index in [1.165, 1.54) is 10.6 Å². The number of nitrogens with zero attached hydrogens (tertiary/aromatic N) is 6. The van der Waals surface area contributed by atoms with E-state index in [4.69, 9.17) is 21.3 Å². The monoisotopic (exact) mass is 494 g/mol. The average molecular weight is 495 g/mol. The van der Waals surface area contributed by atoms with Crippen molar-refractivity contribution in [3.05, 3.63) is 69.2 Å². The molecule has 1 saturated heterocycles. The van der Waals surface area contributed by atoms with E-state index in [1.807, 2.05) is 10.9 Å². The molecule has 0 radical (unpaired) electrons. The van der Waals surface area contributed by atoms with Crippen molar-refractivity contribution in [3.8, 4) is 11.3 Å². The van der Waals surface area contributed by atoms with Crippen molar-refractivity contribution in [1.29, 1.82) is 0 Å². The zero-order valence-electron chi connectivity index (χ0n) is 19.4. The van der Waals surface area contributed by atoms with E-state index in [9.17, 15) is 9.18 Å². The van der Waals surface area contributed by atoms with Crippen LogP contribution >= 0.6 is 11.6 Å². The standard InChI is InChI=1S/C25H24ClFN6O2/c1-14-29-24-19(25(34)31(14)2)10-22(30-23(24)18-6-3-16(26)9-20(18)27)32-7-8-35-21(13-32)15-11-28-33(12-15)17-4-5-17/h3,6,9-12,17,21H,4-5,7-8,13H2,1-2H3. The molecule has 1 aliphatic carbocycles. The molecule has 1 saturated carbocycles. The van der Waals surface area contributed by atoms with Gasteiger partial charge in [0.15, 0.2) is 0 Å². The molecule has 0 spiro atoms. The molecule has 2 aliphatic rings. The summed E-state index contributed by atoms with van der Waals surface area (Å²) in [5, 5.41) is 5.16. The summed E-state index contributed by atoms with van der Waals surface area (Å²) in [5.74, 6) is 0.579. The van der Waals surface area contributed by atoms with Gasteiger partial charge in [-0.1, -0.05) is 11.6 Å². The van der Waals surface area contributed by atoms with Crippen LogP contribution in [-0.4, -0.2) is 44.0 Å². The highest BCUT2D eigenvalue weighted by atomic mass is 35.5. The fourth-order valence-corrected chi connectivity index (χ4v) is 4.67. The summed E-state index contributed by atoms with van der Waals surface area (Å²) in [5.41, 5.74) is 1.74. The zero-order valence-corrected chi connectivity index (χ0v) is 20.2. The summed E-state index contributed by atoms with van der Waals surface area (Å²) in [6.07, 6.45) is 6.05. The molecule has 4 aromatic rings. The van der Waals surface area contributed by atoms with Gasteiger partial charge in [0.05, 0.1) is 24.2 Å². The SMILES string of the molecule is Cc1nc2c(-c3ccc(Cl)cc3F)nc(N3CCOC(c4cnn(C5CC5)c4)C3)cc2c(=O)n1C. The van der Waals surface area contributed by atoms with Crippen molar-refractivity contribution >= 4 is 28.3 Å². The van der Waals surface area contributed by atoms with Gasteiger partial charge >= 0.3 is 0 Å². The molecule has 0 amide bonds. The van der Waals surface area contributed by atoms with Crippen molar-refractivity contribution in [3.63, 3.8) is 0 Å². The fraction of sp³-hybridized carbons (Fsp3) is 0.360. The van der Waals surface area contributed by atoms with Crippen LogP contribution in [0.1, 0.15) is 36.4 Å². The van der Waals surface area contributed by atoms with Gasteiger partial charge in [-0.15, -0.1) is 0 Å². The minimum atomic E-state index is -0.518. The van der Waals surface area contributed by atoms with E-state index in [0.717, 1.165) is 18.4 Å². The van der Waals surface area contributed by atoms with Crippen LogP contribution in [0, 0.1) is 12.7 Å². The number of anilines is 1. The number of fused-ring (bicyclic) bond motifs is 1. The Hall–Kier alpha value is -3.30. The van der Waals surface area contributed by atoms with Crippen LogP contribution in [0.2, 0.25) is 5.02 Å². The Morgan fingerprint density at radius 3 is 2.80 bits per heavy atom. The molecule has 2 fully saturated rings. The van der Waals surface area contributed by atoms with E-state index in [0.29, 0.717) is 54.0 Å². The minimum Gasteiger partial charge on any atom is -0.370 e. The van der Waals surface area contributed by atoms with Gasteiger partial charge in [-0.2, -0.15) is 5.10 Å². The summed E-state index contributed by atoms with van der Waals surface area (Å²) >= 11 is 5.99. The number of rotatable bonds is 4. The lowest BCUT2D eigenvalue weighted by Gasteiger charge is -2.33. The van der Waals surface area contributed by atoms with E-state index in [1.54, 1.807) is 32.2 Å². The largest absolute Gasteiger partial charge is 0.370 e. The van der Waals surface area contributed by atoms with Crippen LogP contribution in [0.25, 0.3) is 22.2 Å². The van der Waals surface area contributed by atoms with E-state index in [-0.39, 0.29) is 22.2 Å². The number of hydrogen-bond donors (Lipinski definition) is 0. The minimum absolute atomic E-state index is 0.177. The molecule has 4 heterocycles. The van der Waals surface area contributed by atoms with Gasteiger partial charge in [0, 0.05) is 42.5 Å². The third-order valence-corrected chi connectivity index (χ3v) is 7.00. The van der Waals surface area contributed by atoms with Gasteiger partial charge < -0.3 is 9.64 Å². The van der Waals surface area contributed by atoms with Crippen LogP contribution in [0.15, 0.2) is 41.5 Å². The maximum atomic E-state index is 15.0. The smallest absolute Gasteiger partial charge is 0.261 e. The van der Waals surface area contributed by atoms with E-state index < -0.39 is 5.82 Å². The molecule has 180 valence electrons. The molecule has 8 nitrogen and oxygen atoms in total. The van der Waals surface area contributed by atoms with Gasteiger partial charge in [-0.25, -0.2) is 14.4 Å². The summed E-state index contributed by atoms with van der Waals surface area (Å²) in [4.78, 5) is 24.7. The number of ether oxygens (including phenoxy) is 1. The second-order valence-corrected chi connectivity index (χ2v) is 9.60. The molecule has 0 N–H and O–H groups in total.